The minimum atomic E-state index is -5.11. The summed E-state index contributed by atoms with van der Waals surface area (Å²) in [5.41, 5.74) is -5.01. The molecule has 3 aromatic rings. The molecule has 0 aliphatic carbocycles. The highest BCUT2D eigenvalue weighted by atomic mass is 32.2. The number of carbonyl (C=O) groups is 1. The summed E-state index contributed by atoms with van der Waals surface area (Å²) >= 11 is 0. The number of nitrogens with zero attached hydrogens (tertiary/aromatic N) is 3. The van der Waals surface area contributed by atoms with E-state index in [1.807, 2.05) is 0 Å². The first-order valence-electron chi connectivity index (χ1n) is 10.0. The third-order valence-electron chi connectivity index (χ3n) is 4.50. The molecule has 2 amide bonds. The highest BCUT2D eigenvalue weighted by Crippen LogP contribution is 2.40. The van der Waals surface area contributed by atoms with Gasteiger partial charge in [0, 0.05) is 28.9 Å². The predicted octanol–water partition coefficient (Wildman–Crippen LogP) is 5.05. The molecule has 0 fully saturated rings. The van der Waals surface area contributed by atoms with Gasteiger partial charge in [0.25, 0.3) is 0 Å². The van der Waals surface area contributed by atoms with Crippen molar-refractivity contribution in [3.63, 3.8) is 0 Å². The van der Waals surface area contributed by atoms with Crippen LogP contribution in [0.1, 0.15) is 31.9 Å². The molecule has 0 saturated heterocycles. The van der Waals surface area contributed by atoms with Crippen LogP contribution in [-0.2, 0) is 22.2 Å². The SMILES string of the molecule is CC(C)(C)NC(=O)Nc1nc2nc(S(C)(=O)=O)ncc2cc1-c1cc(C(F)(F)F)cc(C(F)(F)F)c1. The minimum absolute atomic E-state index is 0.00477. The van der Waals surface area contributed by atoms with E-state index in [0.29, 0.717) is 12.1 Å². The molecule has 36 heavy (non-hydrogen) atoms. The summed E-state index contributed by atoms with van der Waals surface area (Å²) in [4.78, 5) is 24.0. The molecule has 0 aliphatic rings. The van der Waals surface area contributed by atoms with Crippen LogP contribution < -0.4 is 10.6 Å². The van der Waals surface area contributed by atoms with E-state index in [1.165, 1.54) is 0 Å². The van der Waals surface area contributed by atoms with Gasteiger partial charge in [0.2, 0.25) is 15.0 Å². The van der Waals surface area contributed by atoms with Crippen molar-refractivity contribution in [2.45, 2.75) is 43.8 Å². The van der Waals surface area contributed by atoms with E-state index in [1.54, 1.807) is 20.8 Å². The molecule has 1 aromatic carbocycles. The van der Waals surface area contributed by atoms with Crippen LogP contribution in [0.15, 0.2) is 35.6 Å². The topological polar surface area (TPSA) is 114 Å². The Bertz CT molecular complexity index is 1420. The van der Waals surface area contributed by atoms with Crippen LogP contribution in [0.5, 0.6) is 0 Å². The fourth-order valence-electron chi connectivity index (χ4n) is 3.03. The Balaban J connectivity index is 2.31. The Morgan fingerprint density at radius 1 is 0.889 bits per heavy atom. The Kier molecular flexibility index (Phi) is 6.68. The van der Waals surface area contributed by atoms with E-state index in [-0.39, 0.29) is 22.7 Å². The van der Waals surface area contributed by atoms with Crippen molar-refractivity contribution in [3.05, 3.63) is 41.6 Å². The lowest BCUT2D eigenvalue weighted by atomic mass is 9.98. The summed E-state index contributed by atoms with van der Waals surface area (Å²) in [5.74, 6) is -0.449. The quantitative estimate of drug-likeness (QED) is 0.358. The number of rotatable bonds is 3. The zero-order valence-corrected chi connectivity index (χ0v) is 19.9. The summed E-state index contributed by atoms with van der Waals surface area (Å²) in [7, 11) is -3.87. The lowest BCUT2D eigenvalue weighted by Crippen LogP contribution is -2.43. The number of amides is 2. The van der Waals surface area contributed by atoms with Crippen LogP contribution in [0, 0.1) is 0 Å². The maximum Gasteiger partial charge on any atom is 0.416 e. The fraction of sp³-hybridized carbons (Fsp3) is 0.333. The van der Waals surface area contributed by atoms with Gasteiger partial charge >= 0.3 is 18.4 Å². The second-order valence-corrected chi connectivity index (χ2v) is 10.8. The summed E-state index contributed by atoms with van der Waals surface area (Å²) in [5, 5.41) is 4.21. The molecule has 2 aromatic heterocycles. The standard InChI is InChI=1S/C21H19F6N5O3S/c1-19(2,3)32-17(33)30-16-14(7-11-9-28-18(36(4,34)35)31-15(11)29-16)10-5-12(20(22,23)24)8-13(6-10)21(25,26)27/h5-9H,1-4H3,(H2,28,29,30,31,32,33). The smallest absolute Gasteiger partial charge is 0.333 e. The summed E-state index contributed by atoms with van der Waals surface area (Å²) in [6, 6.07) is 1.18. The molecule has 0 unspecified atom stereocenters. The highest BCUT2D eigenvalue weighted by Gasteiger charge is 2.37. The summed E-state index contributed by atoms with van der Waals surface area (Å²) < 4.78 is 104. The summed E-state index contributed by atoms with van der Waals surface area (Å²) in [6.45, 7) is 4.90. The lowest BCUT2D eigenvalue weighted by Gasteiger charge is -2.21. The number of halogens is 6. The van der Waals surface area contributed by atoms with Crippen LogP contribution in [0.3, 0.4) is 0 Å². The van der Waals surface area contributed by atoms with Crippen molar-refractivity contribution in [3.8, 4) is 11.1 Å². The molecule has 194 valence electrons. The molecule has 0 spiro atoms. The molecule has 0 saturated carbocycles. The minimum Gasteiger partial charge on any atom is -0.333 e. The number of pyridine rings is 1. The molecule has 0 bridgehead atoms. The second kappa shape index (κ2) is 8.87. The average Bonchev–Trinajstić information content (AvgIpc) is 2.69. The molecule has 0 aliphatic heterocycles. The normalized spacial score (nSPS) is 13.1. The third kappa shape index (κ3) is 6.38. The first-order chi connectivity index (χ1) is 16.2. The van der Waals surface area contributed by atoms with E-state index < -0.39 is 61.4 Å². The van der Waals surface area contributed by atoms with Gasteiger partial charge in [0.15, 0.2) is 5.65 Å². The number of hydrogen-bond acceptors (Lipinski definition) is 6. The second-order valence-electron chi connectivity index (χ2n) is 8.85. The maximum absolute atomic E-state index is 13.4. The Hall–Kier alpha value is -3.49. The van der Waals surface area contributed by atoms with Crippen molar-refractivity contribution in [1.29, 1.82) is 0 Å². The van der Waals surface area contributed by atoms with Crippen LogP contribution in [0.25, 0.3) is 22.2 Å². The number of urea groups is 1. The van der Waals surface area contributed by atoms with Crippen LogP contribution in [-0.4, -0.2) is 41.2 Å². The Morgan fingerprint density at radius 2 is 1.44 bits per heavy atom. The maximum atomic E-state index is 13.4. The number of alkyl halides is 6. The Morgan fingerprint density at radius 3 is 1.92 bits per heavy atom. The van der Waals surface area contributed by atoms with Gasteiger partial charge in [-0.1, -0.05) is 0 Å². The largest absolute Gasteiger partial charge is 0.416 e. The highest BCUT2D eigenvalue weighted by molar-refractivity contribution is 7.90. The van der Waals surface area contributed by atoms with Gasteiger partial charge in [0.05, 0.1) is 11.1 Å². The van der Waals surface area contributed by atoms with Gasteiger partial charge < -0.3 is 5.32 Å². The van der Waals surface area contributed by atoms with Crippen molar-refractivity contribution >= 4 is 32.7 Å². The number of fused-ring (bicyclic) bond motifs is 1. The van der Waals surface area contributed by atoms with E-state index >= 15 is 0 Å². The zero-order valence-electron chi connectivity index (χ0n) is 19.1. The Labute approximate surface area is 201 Å². The van der Waals surface area contributed by atoms with E-state index in [2.05, 4.69) is 25.6 Å². The van der Waals surface area contributed by atoms with Gasteiger partial charge in [0.1, 0.15) is 5.82 Å². The van der Waals surface area contributed by atoms with Crippen molar-refractivity contribution in [2.75, 3.05) is 11.6 Å². The molecule has 2 N–H and O–H groups in total. The zero-order chi connectivity index (χ0) is 27.3. The molecular weight excluding hydrogens is 516 g/mol. The molecule has 15 heteroatoms. The van der Waals surface area contributed by atoms with Crippen molar-refractivity contribution in [1.82, 2.24) is 20.3 Å². The third-order valence-corrected chi connectivity index (χ3v) is 5.36. The number of benzene rings is 1. The van der Waals surface area contributed by atoms with E-state index in [4.69, 9.17) is 0 Å². The molecule has 2 heterocycles. The first-order valence-corrected chi connectivity index (χ1v) is 11.9. The van der Waals surface area contributed by atoms with Gasteiger partial charge in [-0.25, -0.2) is 23.2 Å². The van der Waals surface area contributed by atoms with Gasteiger partial charge in [-0.3, -0.25) is 5.32 Å². The number of anilines is 1. The van der Waals surface area contributed by atoms with Crippen LogP contribution in [0.2, 0.25) is 0 Å². The molecular formula is C21H19F6N5O3S. The number of hydrogen-bond donors (Lipinski definition) is 2. The van der Waals surface area contributed by atoms with Crippen molar-refractivity contribution in [2.24, 2.45) is 0 Å². The number of carbonyl (C=O) groups excluding carboxylic acids is 1. The van der Waals surface area contributed by atoms with Crippen LogP contribution >= 0.6 is 0 Å². The molecule has 8 nitrogen and oxygen atoms in total. The lowest BCUT2D eigenvalue weighted by molar-refractivity contribution is -0.143. The van der Waals surface area contributed by atoms with Gasteiger partial charge in [-0.05, 0) is 50.6 Å². The fourth-order valence-corrected chi connectivity index (χ4v) is 3.53. The van der Waals surface area contributed by atoms with Crippen molar-refractivity contribution < 1.29 is 39.6 Å². The molecule has 3 rings (SSSR count). The van der Waals surface area contributed by atoms with Crippen LogP contribution in [0.4, 0.5) is 37.0 Å². The number of sulfone groups is 1. The molecule has 0 atom stereocenters. The van der Waals surface area contributed by atoms with Gasteiger partial charge in [-0.15, -0.1) is 0 Å². The predicted molar refractivity (Wildman–Crippen MR) is 118 cm³/mol. The number of aromatic nitrogens is 3. The van der Waals surface area contributed by atoms with E-state index in [9.17, 15) is 39.6 Å². The van der Waals surface area contributed by atoms with Gasteiger partial charge in [-0.2, -0.15) is 31.3 Å². The monoisotopic (exact) mass is 535 g/mol. The average molecular weight is 535 g/mol. The van der Waals surface area contributed by atoms with E-state index in [0.717, 1.165) is 18.5 Å². The number of nitrogens with one attached hydrogen (secondary N) is 2. The molecule has 0 radical (unpaired) electrons. The summed E-state index contributed by atoms with van der Waals surface area (Å²) in [6.07, 6.45) is -8.37. The first kappa shape index (κ1) is 27.1.